The maximum Gasteiger partial charge on any atom is 0.350 e. The molecule has 0 radical (unpaired) electrons. The Bertz CT molecular complexity index is 1360. The van der Waals surface area contributed by atoms with Gasteiger partial charge in [-0.2, -0.15) is 0 Å². The Morgan fingerprint density at radius 2 is 1.82 bits per heavy atom. The van der Waals surface area contributed by atoms with Gasteiger partial charge in [0.15, 0.2) is 5.13 Å². The second-order valence-electron chi connectivity index (χ2n) is 9.04. The van der Waals surface area contributed by atoms with Crippen LogP contribution >= 0.6 is 11.3 Å². The second-order valence-corrected chi connectivity index (χ2v) is 10.0. The molecule has 1 N–H and O–H groups in total. The molecule has 9 heteroatoms. The molecule has 2 heterocycles. The number of hydrogen-bond donors (Lipinski definition) is 1. The zero-order valence-electron chi connectivity index (χ0n) is 21.8. The molecule has 0 spiro atoms. The first-order valence-corrected chi connectivity index (χ1v) is 13.2. The van der Waals surface area contributed by atoms with Crippen LogP contribution in [0.25, 0.3) is 5.76 Å². The first-order chi connectivity index (χ1) is 18.3. The standard InChI is InChI=1S/C29H30N2O6S/c1-5-6-16-37-21-14-12-20(13-15-21)24(32)22-23(17(2)19-10-8-7-9-11-19)31(27(34)25(22)33)29-30-18(3)26(38-29)28(35)36-4/h7-15,17,23,32H,5-6,16H2,1-4H3/b24-22+. The number of methoxy groups -OCH3 is 1. The molecule has 1 aliphatic rings. The first-order valence-electron chi connectivity index (χ1n) is 12.4. The Labute approximate surface area is 225 Å². The molecule has 2 atom stereocenters. The summed E-state index contributed by atoms with van der Waals surface area (Å²) in [6.45, 7) is 6.19. The maximum atomic E-state index is 13.4. The predicted molar refractivity (Wildman–Crippen MR) is 146 cm³/mol. The van der Waals surface area contributed by atoms with Crippen molar-refractivity contribution in [2.75, 3.05) is 18.6 Å². The summed E-state index contributed by atoms with van der Waals surface area (Å²) in [4.78, 5) is 45.0. The van der Waals surface area contributed by atoms with Crippen LogP contribution in [-0.4, -0.2) is 47.5 Å². The van der Waals surface area contributed by atoms with E-state index in [9.17, 15) is 19.5 Å². The molecule has 3 aromatic rings. The number of carbonyl (C=O) groups is 3. The van der Waals surface area contributed by atoms with Gasteiger partial charge in [0.25, 0.3) is 5.78 Å². The molecule has 1 fully saturated rings. The van der Waals surface area contributed by atoms with E-state index in [1.807, 2.05) is 37.3 Å². The number of carbonyl (C=O) groups excluding carboxylic acids is 3. The van der Waals surface area contributed by atoms with Gasteiger partial charge in [-0.3, -0.25) is 14.5 Å². The van der Waals surface area contributed by atoms with E-state index in [2.05, 4.69) is 11.9 Å². The van der Waals surface area contributed by atoms with Crippen LogP contribution in [0.15, 0.2) is 60.2 Å². The highest BCUT2D eigenvalue weighted by atomic mass is 32.1. The number of benzene rings is 2. The van der Waals surface area contributed by atoms with Crippen LogP contribution in [0, 0.1) is 6.92 Å². The van der Waals surface area contributed by atoms with Gasteiger partial charge in [0, 0.05) is 11.5 Å². The fourth-order valence-electron chi connectivity index (χ4n) is 4.45. The van der Waals surface area contributed by atoms with Crippen molar-refractivity contribution in [2.45, 2.75) is 45.6 Å². The molecule has 0 saturated carbocycles. The lowest BCUT2D eigenvalue weighted by atomic mass is 9.87. The Morgan fingerprint density at radius 1 is 1.13 bits per heavy atom. The predicted octanol–water partition coefficient (Wildman–Crippen LogP) is 5.47. The smallest absolute Gasteiger partial charge is 0.350 e. The lowest BCUT2D eigenvalue weighted by molar-refractivity contribution is -0.132. The van der Waals surface area contributed by atoms with Gasteiger partial charge in [0.2, 0.25) is 0 Å². The number of ether oxygens (including phenoxy) is 2. The molecule has 8 nitrogen and oxygen atoms in total. The van der Waals surface area contributed by atoms with Crippen molar-refractivity contribution < 1.29 is 29.0 Å². The van der Waals surface area contributed by atoms with Crippen LogP contribution in [0.5, 0.6) is 5.75 Å². The van der Waals surface area contributed by atoms with Gasteiger partial charge in [-0.15, -0.1) is 0 Å². The van der Waals surface area contributed by atoms with E-state index in [-0.39, 0.29) is 27.3 Å². The summed E-state index contributed by atoms with van der Waals surface area (Å²) < 4.78 is 10.6. The number of rotatable bonds is 9. The van der Waals surface area contributed by atoms with E-state index in [0.717, 1.165) is 29.7 Å². The van der Waals surface area contributed by atoms with Crippen molar-refractivity contribution >= 4 is 39.9 Å². The number of aliphatic hydroxyl groups excluding tert-OH is 1. The van der Waals surface area contributed by atoms with E-state index in [4.69, 9.17) is 9.47 Å². The van der Waals surface area contributed by atoms with Crippen LogP contribution in [0.3, 0.4) is 0 Å². The summed E-state index contributed by atoms with van der Waals surface area (Å²) in [6.07, 6.45) is 1.94. The largest absolute Gasteiger partial charge is 0.507 e. The molecule has 1 saturated heterocycles. The summed E-state index contributed by atoms with van der Waals surface area (Å²) in [5.74, 6) is -2.21. The third kappa shape index (κ3) is 5.19. The minimum absolute atomic E-state index is 0.0153. The molecule has 2 unspecified atom stereocenters. The van der Waals surface area contributed by atoms with Gasteiger partial charge in [-0.1, -0.05) is 61.9 Å². The van der Waals surface area contributed by atoms with E-state index in [1.54, 1.807) is 31.2 Å². The third-order valence-corrected chi connectivity index (χ3v) is 7.68. The highest BCUT2D eigenvalue weighted by Crippen LogP contribution is 2.41. The molecule has 38 heavy (non-hydrogen) atoms. The Morgan fingerprint density at radius 3 is 2.45 bits per heavy atom. The van der Waals surface area contributed by atoms with Crippen molar-refractivity contribution in [3.63, 3.8) is 0 Å². The molecule has 1 aliphatic heterocycles. The molecule has 1 aromatic heterocycles. The third-order valence-electron chi connectivity index (χ3n) is 6.54. The number of aryl methyl sites for hydroxylation is 1. The number of thiazole rings is 1. The van der Waals surface area contributed by atoms with E-state index >= 15 is 0 Å². The van der Waals surface area contributed by atoms with Crippen molar-refractivity contribution in [2.24, 2.45) is 0 Å². The number of aliphatic hydroxyl groups is 1. The Kier molecular flexibility index (Phi) is 8.26. The Hall–Kier alpha value is -3.98. The zero-order valence-corrected chi connectivity index (χ0v) is 22.6. The lowest BCUT2D eigenvalue weighted by Crippen LogP contribution is -2.37. The Balaban J connectivity index is 1.81. The van der Waals surface area contributed by atoms with Gasteiger partial charge < -0.3 is 14.6 Å². The van der Waals surface area contributed by atoms with Gasteiger partial charge >= 0.3 is 11.9 Å². The van der Waals surface area contributed by atoms with Crippen molar-refractivity contribution in [1.82, 2.24) is 4.98 Å². The highest BCUT2D eigenvalue weighted by molar-refractivity contribution is 7.17. The van der Waals surface area contributed by atoms with Gasteiger partial charge in [-0.25, -0.2) is 9.78 Å². The summed E-state index contributed by atoms with van der Waals surface area (Å²) in [7, 11) is 1.27. The quantitative estimate of drug-likeness (QED) is 0.127. The fraction of sp³-hybridized carbons (Fsp3) is 0.310. The number of Topliss-reactive ketones (excluding diaryl/α,β-unsaturated/α-hetero) is 1. The average molecular weight is 535 g/mol. The molecular formula is C29H30N2O6S. The number of aromatic nitrogens is 1. The number of hydrogen-bond acceptors (Lipinski definition) is 8. The zero-order chi connectivity index (χ0) is 27.4. The molecule has 1 amide bonds. The van der Waals surface area contributed by atoms with E-state index in [0.29, 0.717) is 23.6 Å². The van der Waals surface area contributed by atoms with Gasteiger partial charge in [-0.05, 0) is 43.2 Å². The minimum Gasteiger partial charge on any atom is -0.507 e. The second kappa shape index (κ2) is 11.6. The molecule has 2 aromatic carbocycles. The van der Waals surface area contributed by atoms with Crippen molar-refractivity contribution in [1.29, 1.82) is 0 Å². The number of unbranched alkanes of at least 4 members (excludes halogenated alkanes) is 1. The number of amides is 1. The van der Waals surface area contributed by atoms with E-state index < -0.39 is 23.7 Å². The average Bonchev–Trinajstić information content (AvgIpc) is 3.44. The number of anilines is 1. The first kappa shape index (κ1) is 27.1. The van der Waals surface area contributed by atoms with Crippen LogP contribution in [0.1, 0.15) is 59.1 Å². The molecule has 0 aliphatic carbocycles. The van der Waals surface area contributed by atoms with Gasteiger partial charge in [0.05, 0.1) is 31.0 Å². The molecule has 198 valence electrons. The molecule has 0 bridgehead atoms. The van der Waals surface area contributed by atoms with Crippen LogP contribution in [0.4, 0.5) is 5.13 Å². The van der Waals surface area contributed by atoms with Crippen molar-refractivity contribution in [3.05, 3.63) is 81.9 Å². The minimum atomic E-state index is -0.853. The maximum absolute atomic E-state index is 13.4. The summed E-state index contributed by atoms with van der Waals surface area (Å²) in [6, 6.07) is 15.4. The summed E-state index contributed by atoms with van der Waals surface area (Å²) in [5.41, 5.74) is 1.64. The normalized spacial score (nSPS) is 17.5. The summed E-state index contributed by atoms with van der Waals surface area (Å²) in [5, 5.41) is 11.6. The lowest BCUT2D eigenvalue weighted by Gasteiger charge is -2.28. The molecular weight excluding hydrogens is 504 g/mol. The topological polar surface area (TPSA) is 106 Å². The summed E-state index contributed by atoms with van der Waals surface area (Å²) >= 11 is 0.979. The number of ketones is 1. The van der Waals surface area contributed by atoms with E-state index in [1.165, 1.54) is 12.0 Å². The monoisotopic (exact) mass is 534 g/mol. The van der Waals surface area contributed by atoms with Crippen LogP contribution in [-0.2, 0) is 14.3 Å². The van der Waals surface area contributed by atoms with Crippen molar-refractivity contribution in [3.8, 4) is 5.75 Å². The van der Waals surface area contributed by atoms with Gasteiger partial charge in [0.1, 0.15) is 16.4 Å². The van der Waals surface area contributed by atoms with Crippen LogP contribution in [0.2, 0.25) is 0 Å². The number of nitrogens with zero attached hydrogens (tertiary/aromatic N) is 2. The van der Waals surface area contributed by atoms with Crippen LogP contribution < -0.4 is 9.64 Å². The molecule has 4 rings (SSSR count). The fourth-order valence-corrected chi connectivity index (χ4v) is 5.47. The number of esters is 1. The SMILES string of the molecule is CCCCOc1ccc(/C(O)=C2\C(=O)C(=O)N(c3nc(C)c(C(=O)OC)s3)C2C(C)c2ccccc2)cc1. The highest BCUT2D eigenvalue weighted by Gasteiger charge is 2.50.